The van der Waals surface area contributed by atoms with Gasteiger partial charge in [-0.25, -0.2) is 0 Å². The summed E-state index contributed by atoms with van der Waals surface area (Å²) < 4.78 is 7.81. The third kappa shape index (κ3) is 3.49. The zero-order chi connectivity index (χ0) is 18.7. The molecule has 7 heteroatoms. The normalized spacial score (nSPS) is 10.5. The van der Waals surface area contributed by atoms with Crippen LogP contribution in [0.5, 0.6) is 5.75 Å². The molecule has 26 heavy (non-hydrogen) atoms. The number of carbonyl (C=O) groups is 1. The van der Waals surface area contributed by atoms with Crippen LogP contribution in [0.4, 0.5) is 11.5 Å². The Hall–Kier alpha value is -2.64. The number of para-hydroxylation sites is 3. The molecule has 5 nitrogen and oxygen atoms in total. The molecular formula is C19H19N3O2S2. The van der Waals surface area contributed by atoms with Crippen LogP contribution in [0.3, 0.4) is 0 Å². The number of nitrogens with one attached hydrogen (secondary N) is 1. The number of hydrogen-bond acceptors (Lipinski definition) is 5. The average molecular weight is 386 g/mol. The second-order valence-corrected chi connectivity index (χ2v) is 7.23. The largest absolute Gasteiger partial charge is 0.492 e. The van der Waals surface area contributed by atoms with E-state index in [9.17, 15) is 4.79 Å². The van der Waals surface area contributed by atoms with Crippen molar-refractivity contribution >= 4 is 41.0 Å². The van der Waals surface area contributed by atoms with Gasteiger partial charge in [-0.2, -0.15) is 0 Å². The minimum atomic E-state index is -0.307. The molecule has 1 aromatic heterocycles. The first-order valence-corrected chi connectivity index (χ1v) is 9.36. The number of hydrogen-bond donors (Lipinski definition) is 2. The number of nitrogens with zero attached hydrogens (tertiary/aromatic N) is 1. The first-order chi connectivity index (χ1) is 12.5. The molecule has 0 saturated heterocycles. The molecule has 3 rings (SSSR count). The fourth-order valence-electron chi connectivity index (χ4n) is 2.62. The van der Waals surface area contributed by atoms with Crippen molar-refractivity contribution in [1.82, 2.24) is 4.57 Å². The van der Waals surface area contributed by atoms with Gasteiger partial charge in [-0.05, 0) is 49.8 Å². The van der Waals surface area contributed by atoms with Gasteiger partial charge in [0.2, 0.25) is 0 Å². The summed E-state index contributed by atoms with van der Waals surface area (Å²) in [4.78, 5) is 13.2. The van der Waals surface area contributed by atoms with Crippen LogP contribution in [0.25, 0.3) is 5.69 Å². The molecule has 0 saturated carbocycles. The van der Waals surface area contributed by atoms with Gasteiger partial charge >= 0.3 is 0 Å². The lowest BCUT2D eigenvalue weighted by atomic mass is 10.2. The predicted octanol–water partition coefficient (Wildman–Crippen LogP) is 4.81. The van der Waals surface area contributed by atoms with Crippen LogP contribution in [-0.2, 0) is 0 Å². The average Bonchev–Trinajstić information content (AvgIpc) is 2.92. The van der Waals surface area contributed by atoms with Gasteiger partial charge in [-0.3, -0.25) is 9.36 Å². The lowest BCUT2D eigenvalue weighted by Gasteiger charge is -2.11. The van der Waals surface area contributed by atoms with Gasteiger partial charge in [0, 0.05) is 0 Å². The van der Waals surface area contributed by atoms with Gasteiger partial charge in [0.05, 0.1) is 18.0 Å². The highest BCUT2D eigenvalue weighted by molar-refractivity contribution is 7.73. The lowest BCUT2D eigenvalue weighted by molar-refractivity contribution is 0.103. The van der Waals surface area contributed by atoms with Crippen LogP contribution in [-0.4, -0.2) is 17.1 Å². The highest BCUT2D eigenvalue weighted by Gasteiger charge is 2.20. The van der Waals surface area contributed by atoms with Crippen LogP contribution in [0.1, 0.15) is 22.2 Å². The summed E-state index contributed by atoms with van der Waals surface area (Å²) in [5.41, 5.74) is 8.77. The summed E-state index contributed by atoms with van der Waals surface area (Å²) >= 11 is 6.64. The molecule has 0 radical (unpaired) electrons. The second-order valence-electron chi connectivity index (χ2n) is 5.59. The summed E-state index contributed by atoms with van der Waals surface area (Å²) in [7, 11) is 0. The third-order valence-corrected chi connectivity index (χ3v) is 5.23. The first kappa shape index (κ1) is 18.2. The molecule has 134 valence electrons. The van der Waals surface area contributed by atoms with Crippen LogP contribution >= 0.6 is 23.6 Å². The molecule has 0 aliphatic rings. The number of nitrogen functional groups attached to an aromatic ring is 1. The fourth-order valence-corrected chi connectivity index (χ4v) is 3.87. The highest BCUT2D eigenvalue weighted by atomic mass is 32.1. The first-order valence-electron chi connectivity index (χ1n) is 8.13. The maximum Gasteiger partial charge on any atom is 0.269 e. The highest BCUT2D eigenvalue weighted by Crippen LogP contribution is 2.30. The van der Waals surface area contributed by atoms with E-state index < -0.39 is 0 Å². The molecule has 0 atom stereocenters. The molecule has 3 N–H and O–H groups in total. The van der Waals surface area contributed by atoms with E-state index in [0.717, 1.165) is 11.3 Å². The zero-order valence-electron chi connectivity index (χ0n) is 14.5. The van der Waals surface area contributed by atoms with Gasteiger partial charge in [0.25, 0.3) is 5.91 Å². The number of aromatic nitrogens is 1. The van der Waals surface area contributed by atoms with E-state index in [0.29, 0.717) is 32.7 Å². The molecular weight excluding hydrogens is 366 g/mol. The lowest BCUT2D eigenvalue weighted by Crippen LogP contribution is -2.14. The van der Waals surface area contributed by atoms with Crippen molar-refractivity contribution in [1.29, 1.82) is 0 Å². The Kier molecular flexibility index (Phi) is 5.39. The van der Waals surface area contributed by atoms with Crippen LogP contribution in [0.15, 0.2) is 48.5 Å². The molecule has 0 aliphatic heterocycles. The number of carbonyl (C=O) groups excluding carboxylic acids is 1. The third-order valence-electron chi connectivity index (χ3n) is 3.84. The quantitative estimate of drug-likeness (QED) is 0.619. The Morgan fingerprint density at radius 1 is 1.23 bits per heavy atom. The van der Waals surface area contributed by atoms with E-state index >= 15 is 0 Å². The van der Waals surface area contributed by atoms with Crippen LogP contribution in [0, 0.1) is 10.9 Å². The van der Waals surface area contributed by atoms with Crippen molar-refractivity contribution in [2.24, 2.45) is 0 Å². The summed E-state index contributed by atoms with van der Waals surface area (Å²) in [6, 6.07) is 15.1. The van der Waals surface area contributed by atoms with Crippen LogP contribution in [0.2, 0.25) is 0 Å². The Balaban J connectivity index is 1.96. The topological polar surface area (TPSA) is 69.3 Å². The Labute approximate surface area is 161 Å². The van der Waals surface area contributed by atoms with E-state index in [1.807, 2.05) is 56.3 Å². The summed E-state index contributed by atoms with van der Waals surface area (Å²) in [5, 5.41) is 2.87. The molecule has 0 unspecified atom stereocenters. The number of benzene rings is 2. The molecule has 2 aromatic carbocycles. The van der Waals surface area contributed by atoms with Crippen molar-refractivity contribution in [2.45, 2.75) is 13.8 Å². The molecule has 1 heterocycles. The number of amides is 1. The summed E-state index contributed by atoms with van der Waals surface area (Å²) in [5.74, 6) is 0.641. The predicted molar refractivity (Wildman–Crippen MR) is 109 cm³/mol. The van der Waals surface area contributed by atoms with Crippen molar-refractivity contribution in [3.8, 4) is 11.4 Å². The van der Waals surface area contributed by atoms with E-state index in [-0.39, 0.29) is 5.91 Å². The van der Waals surface area contributed by atoms with Crippen LogP contribution < -0.4 is 15.8 Å². The second kappa shape index (κ2) is 7.72. The number of rotatable bonds is 5. The molecule has 1 amide bonds. The zero-order valence-corrected chi connectivity index (χ0v) is 16.1. The SMILES string of the molecule is CCOc1ccccc1NC(=O)c1sc(=S)n(-c2ccccc2C)c1N. The fraction of sp³-hybridized carbons (Fsp3) is 0.158. The maximum atomic E-state index is 12.8. The van der Waals surface area contributed by atoms with E-state index in [1.165, 1.54) is 11.3 Å². The van der Waals surface area contributed by atoms with Gasteiger partial charge in [-0.1, -0.05) is 41.7 Å². The Bertz CT molecular complexity index is 1010. The molecule has 0 fully saturated rings. The van der Waals surface area contributed by atoms with Crippen molar-refractivity contribution < 1.29 is 9.53 Å². The van der Waals surface area contributed by atoms with Gasteiger partial charge in [0.15, 0.2) is 3.95 Å². The molecule has 0 aliphatic carbocycles. The number of thiazole rings is 1. The number of nitrogens with two attached hydrogens (primary N) is 1. The molecule has 3 aromatic rings. The standard InChI is InChI=1S/C19H19N3O2S2/c1-3-24-15-11-7-5-9-13(15)21-18(23)16-17(20)22(19(25)26-16)14-10-6-4-8-12(14)2/h4-11H,3,20H2,1-2H3,(H,21,23). The number of ether oxygens (including phenoxy) is 1. The molecule has 0 spiro atoms. The van der Waals surface area contributed by atoms with E-state index in [2.05, 4.69) is 5.32 Å². The van der Waals surface area contributed by atoms with Gasteiger partial charge in [-0.15, -0.1) is 0 Å². The number of aryl methyl sites for hydroxylation is 1. The van der Waals surface area contributed by atoms with Crippen molar-refractivity contribution in [3.05, 3.63) is 62.9 Å². The maximum absolute atomic E-state index is 12.8. The van der Waals surface area contributed by atoms with Crippen molar-refractivity contribution in [2.75, 3.05) is 17.7 Å². The Morgan fingerprint density at radius 3 is 2.65 bits per heavy atom. The van der Waals surface area contributed by atoms with Gasteiger partial charge in [0.1, 0.15) is 16.4 Å². The van der Waals surface area contributed by atoms with E-state index in [4.69, 9.17) is 22.7 Å². The summed E-state index contributed by atoms with van der Waals surface area (Å²) in [6.07, 6.45) is 0. The van der Waals surface area contributed by atoms with E-state index in [1.54, 1.807) is 10.6 Å². The van der Waals surface area contributed by atoms with Crippen molar-refractivity contribution in [3.63, 3.8) is 0 Å². The number of anilines is 2. The van der Waals surface area contributed by atoms with Gasteiger partial charge < -0.3 is 15.8 Å². The summed E-state index contributed by atoms with van der Waals surface area (Å²) in [6.45, 7) is 4.38. The smallest absolute Gasteiger partial charge is 0.269 e. The monoisotopic (exact) mass is 385 g/mol. The Morgan fingerprint density at radius 2 is 1.92 bits per heavy atom. The minimum Gasteiger partial charge on any atom is -0.492 e. The molecule has 0 bridgehead atoms. The minimum absolute atomic E-state index is 0.307.